The average Bonchev–Trinajstić information content (AvgIpc) is 3.19. The van der Waals surface area contributed by atoms with Gasteiger partial charge in [0.15, 0.2) is 16.8 Å². The van der Waals surface area contributed by atoms with Gasteiger partial charge in [-0.05, 0) is 44.4 Å². The number of hydrogen-bond acceptors (Lipinski definition) is 6. The Hall–Kier alpha value is -1.37. The molecule has 25 heavy (non-hydrogen) atoms. The van der Waals surface area contributed by atoms with Gasteiger partial charge in [-0.3, -0.25) is 4.99 Å². The summed E-state index contributed by atoms with van der Waals surface area (Å²) in [5.41, 5.74) is 0. The molecule has 5 nitrogen and oxygen atoms in total. The largest absolute Gasteiger partial charge is 0.354 e. The average molecular weight is 364 g/mol. The second-order valence-corrected chi connectivity index (χ2v) is 8.31. The first-order chi connectivity index (χ1) is 12.2. The summed E-state index contributed by atoms with van der Waals surface area (Å²) < 4.78 is 14.0. The van der Waals surface area contributed by atoms with Gasteiger partial charge < -0.3 is 9.80 Å². The molecule has 3 aliphatic rings. The number of piperidine rings is 2. The third-order valence-electron chi connectivity index (χ3n) is 5.73. The van der Waals surface area contributed by atoms with Crippen LogP contribution >= 0.6 is 11.8 Å². The first-order valence-electron chi connectivity index (χ1n) is 9.37. The highest BCUT2D eigenvalue weighted by Crippen LogP contribution is 2.34. The third-order valence-corrected chi connectivity index (χ3v) is 6.76. The second-order valence-electron chi connectivity index (χ2n) is 7.25. The molecule has 2 saturated heterocycles. The lowest BCUT2D eigenvalue weighted by molar-refractivity contribution is 0.179. The minimum absolute atomic E-state index is 0.299. The summed E-state index contributed by atoms with van der Waals surface area (Å²) >= 11 is 1.91. The number of aromatic nitrogens is 2. The highest BCUT2D eigenvalue weighted by atomic mass is 32.2. The number of nitrogens with zero attached hydrogens (tertiary/aromatic N) is 5. The number of thioether (sulfide) groups is 1. The van der Waals surface area contributed by atoms with Gasteiger partial charge in [-0.15, -0.1) is 0 Å². The Balaban J connectivity index is 1.30. The lowest BCUT2D eigenvalue weighted by Gasteiger charge is -2.40. The maximum absolute atomic E-state index is 14.0. The first kappa shape index (κ1) is 17.1. The van der Waals surface area contributed by atoms with Crippen LogP contribution in [-0.2, 0) is 0 Å². The maximum Gasteiger partial charge on any atom is 0.183 e. The van der Waals surface area contributed by atoms with Gasteiger partial charge >= 0.3 is 0 Å². The summed E-state index contributed by atoms with van der Waals surface area (Å²) in [7, 11) is 0. The number of aliphatic imine (C=N–C) groups is 1. The minimum Gasteiger partial charge on any atom is -0.354 e. The van der Waals surface area contributed by atoms with E-state index in [2.05, 4.69) is 24.8 Å². The summed E-state index contributed by atoms with van der Waals surface area (Å²) in [5, 5.41) is 1.27. The number of anilines is 1. The first-order valence-corrected chi connectivity index (χ1v) is 10.4. The fraction of sp³-hybridized carbons (Fsp3) is 0.722. The van der Waals surface area contributed by atoms with Crippen molar-refractivity contribution in [3.05, 3.63) is 17.8 Å². The van der Waals surface area contributed by atoms with Gasteiger partial charge in [0.05, 0.1) is 12.7 Å². The Labute approximate surface area is 153 Å². The molecule has 0 radical (unpaired) electrons. The lowest BCUT2D eigenvalue weighted by atomic mass is 9.79. The Bertz CT molecular complexity index is 636. The number of hydrogen-bond donors (Lipinski definition) is 0. The molecule has 4 heterocycles. The van der Waals surface area contributed by atoms with Gasteiger partial charge in [0.2, 0.25) is 0 Å². The van der Waals surface area contributed by atoms with Gasteiger partial charge in [0, 0.05) is 31.9 Å². The van der Waals surface area contributed by atoms with Crippen molar-refractivity contribution in [2.45, 2.75) is 32.6 Å². The molecule has 0 atom stereocenters. The molecule has 0 bridgehead atoms. The predicted molar refractivity (Wildman–Crippen MR) is 101 cm³/mol. The van der Waals surface area contributed by atoms with E-state index in [1.807, 2.05) is 18.7 Å². The van der Waals surface area contributed by atoms with Crippen molar-refractivity contribution < 1.29 is 4.39 Å². The van der Waals surface area contributed by atoms with Crippen LogP contribution < -0.4 is 4.90 Å². The molecule has 136 valence electrons. The second kappa shape index (κ2) is 7.48. The Kier molecular flexibility index (Phi) is 5.10. The number of aryl methyl sites for hydroxylation is 1. The number of rotatable bonds is 2. The molecule has 0 aliphatic carbocycles. The lowest BCUT2D eigenvalue weighted by Crippen LogP contribution is -2.42. The van der Waals surface area contributed by atoms with Crippen molar-refractivity contribution in [3.63, 3.8) is 0 Å². The molecule has 3 aliphatic heterocycles. The summed E-state index contributed by atoms with van der Waals surface area (Å²) in [4.78, 5) is 17.4. The van der Waals surface area contributed by atoms with E-state index in [0.29, 0.717) is 11.6 Å². The van der Waals surface area contributed by atoms with Crippen molar-refractivity contribution in [2.24, 2.45) is 16.8 Å². The van der Waals surface area contributed by atoms with E-state index in [-0.39, 0.29) is 5.82 Å². The van der Waals surface area contributed by atoms with Crippen LogP contribution in [0.1, 0.15) is 31.5 Å². The van der Waals surface area contributed by atoms with Crippen LogP contribution in [0.3, 0.4) is 0 Å². The maximum atomic E-state index is 14.0. The third kappa shape index (κ3) is 3.76. The van der Waals surface area contributed by atoms with Gasteiger partial charge in [0.1, 0.15) is 5.82 Å². The SMILES string of the molecule is Cc1ncc(F)c(N2CCC(C3CCN(C4=NCCS4)CC3)CC2)n1. The molecule has 1 aromatic heterocycles. The summed E-state index contributed by atoms with van der Waals surface area (Å²) in [6, 6.07) is 0. The van der Waals surface area contributed by atoms with E-state index in [1.165, 1.54) is 24.2 Å². The van der Waals surface area contributed by atoms with E-state index >= 15 is 0 Å². The molecule has 4 rings (SSSR count). The topological polar surface area (TPSA) is 44.6 Å². The van der Waals surface area contributed by atoms with Crippen molar-refractivity contribution in [3.8, 4) is 0 Å². The number of amidine groups is 1. The highest BCUT2D eigenvalue weighted by Gasteiger charge is 2.31. The molecule has 0 amide bonds. The van der Waals surface area contributed by atoms with E-state index in [4.69, 9.17) is 0 Å². The molecular weight excluding hydrogens is 337 g/mol. The zero-order chi connectivity index (χ0) is 17.2. The van der Waals surface area contributed by atoms with Crippen LogP contribution in [0.15, 0.2) is 11.2 Å². The quantitative estimate of drug-likeness (QED) is 0.808. The highest BCUT2D eigenvalue weighted by molar-refractivity contribution is 8.14. The molecule has 0 saturated carbocycles. The normalized spacial score (nSPS) is 23.2. The standard InChI is InChI=1S/C18H26FN5S/c1-13-21-12-16(19)17(22-13)23-7-2-14(3-8-23)15-4-9-24(10-5-15)18-20-6-11-25-18/h12,14-15H,2-11H2,1H3. The number of likely N-dealkylation sites (tertiary alicyclic amines) is 1. The fourth-order valence-electron chi connectivity index (χ4n) is 4.33. The van der Waals surface area contributed by atoms with E-state index in [0.717, 1.165) is 63.2 Å². The van der Waals surface area contributed by atoms with Gasteiger partial charge in [-0.1, -0.05) is 11.8 Å². The molecule has 7 heteroatoms. The molecule has 1 aromatic rings. The van der Waals surface area contributed by atoms with E-state index in [9.17, 15) is 4.39 Å². The summed E-state index contributed by atoms with van der Waals surface area (Å²) in [6.45, 7) is 6.91. The fourth-order valence-corrected chi connectivity index (χ4v) is 5.24. The molecule has 2 fully saturated rings. The zero-order valence-electron chi connectivity index (χ0n) is 14.8. The smallest absolute Gasteiger partial charge is 0.183 e. The molecule has 0 aromatic carbocycles. The van der Waals surface area contributed by atoms with Crippen LogP contribution in [-0.4, -0.2) is 58.5 Å². The van der Waals surface area contributed by atoms with Crippen LogP contribution in [0, 0.1) is 24.6 Å². The molecule has 0 unspecified atom stereocenters. The van der Waals surface area contributed by atoms with Crippen LogP contribution in [0.25, 0.3) is 0 Å². The van der Waals surface area contributed by atoms with Crippen LogP contribution in [0.5, 0.6) is 0 Å². The molecule has 0 spiro atoms. The Morgan fingerprint density at radius 2 is 1.68 bits per heavy atom. The monoisotopic (exact) mass is 363 g/mol. The summed E-state index contributed by atoms with van der Waals surface area (Å²) in [6.07, 6.45) is 6.12. The number of halogens is 1. The molecular formula is C18H26FN5S. The van der Waals surface area contributed by atoms with Crippen molar-refractivity contribution >= 4 is 22.7 Å². The molecule has 0 N–H and O–H groups in total. The van der Waals surface area contributed by atoms with Crippen molar-refractivity contribution in [1.29, 1.82) is 0 Å². The Morgan fingerprint density at radius 1 is 1.04 bits per heavy atom. The predicted octanol–water partition coefficient (Wildman–Crippen LogP) is 2.96. The van der Waals surface area contributed by atoms with Crippen molar-refractivity contribution in [2.75, 3.05) is 43.4 Å². The zero-order valence-corrected chi connectivity index (χ0v) is 15.6. The Morgan fingerprint density at radius 3 is 2.28 bits per heavy atom. The van der Waals surface area contributed by atoms with Gasteiger partial charge in [-0.2, -0.15) is 0 Å². The van der Waals surface area contributed by atoms with Crippen LogP contribution in [0.4, 0.5) is 10.2 Å². The van der Waals surface area contributed by atoms with Gasteiger partial charge in [-0.25, -0.2) is 14.4 Å². The van der Waals surface area contributed by atoms with Gasteiger partial charge in [0.25, 0.3) is 0 Å². The summed E-state index contributed by atoms with van der Waals surface area (Å²) in [5.74, 6) is 3.54. The minimum atomic E-state index is -0.299. The van der Waals surface area contributed by atoms with Crippen LogP contribution in [0.2, 0.25) is 0 Å². The van der Waals surface area contributed by atoms with E-state index in [1.54, 1.807) is 0 Å². The van der Waals surface area contributed by atoms with E-state index < -0.39 is 0 Å². The van der Waals surface area contributed by atoms with Crippen molar-refractivity contribution in [1.82, 2.24) is 14.9 Å².